The Morgan fingerprint density at radius 1 is 1.53 bits per heavy atom. The number of rotatable bonds is 4. The van der Waals surface area contributed by atoms with Crippen molar-refractivity contribution < 1.29 is 8.42 Å². The van der Waals surface area contributed by atoms with Gasteiger partial charge in [-0.3, -0.25) is 0 Å². The molecule has 0 spiro atoms. The number of sulfonamides is 1. The average Bonchev–Trinajstić information content (AvgIpc) is 2.72. The summed E-state index contributed by atoms with van der Waals surface area (Å²) < 4.78 is 27.6. The Morgan fingerprint density at radius 3 is 2.84 bits per heavy atom. The molecule has 1 aromatic carbocycles. The van der Waals surface area contributed by atoms with Gasteiger partial charge in [-0.2, -0.15) is 0 Å². The van der Waals surface area contributed by atoms with Gasteiger partial charge in [-0.25, -0.2) is 13.1 Å². The van der Waals surface area contributed by atoms with E-state index in [2.05, 4.69) is 25.6 Å². The van der Waals surface area contributed by atoms with Crippen molar-refractivity contribution in [1.29, 1.82) is 0 Å². The van der Waals surface area contributed by atoms with E-state index in [4.69, 9.17) is 5.73 Å². The van der Waals surface area contributed by atoms with Gasteiger partial charge in [0.15, 0.2) is 0 Å². The van der Waals surface area contributed by atoms with Gasteiger partial charge in [0.2, 0.25) is 10.0 Å². The van der Waals surface area contributed by atoms with Gasteiger partial charge in [0.1, 0.15) is 0 Å². The fourth-order valence-corrected chi connectivity index (χ4v) is 4.42. The molecule has 1 heterocycles. The molecule has 5 nitrogen and oxygen atoms in total. The molecule has 0 aromatic heterocycles. The van der Waals surface area contributed by atoms with Crippen molar-refractivity contribution in [2.24, 2.45) is 0 Å². The van der Waals surface area contributed by atoms with Gasteiger partial charge in [0, 0.05) is 22.7 Å². The maximum absolute atomic E-state index is 12.2. The predicted octanol–water partition coefficient (Wildman–Crippen LogP) is 1.40. The third-order valence-electron chi connectivity index (χ3n) is 3.43. The summed E-state index contributed by atoms with van der Waals surface area (Å²) >= 11 is 3.24. The highest BCUT2D eigenvalue weighted by Gasteiger charge is 2.24. The summed E-state index contributed by atoms with van der Waals surface area (Å²) in [5.41, 5.74) is 6.14. The molecule has 0 saturated carbocycles. The first-order valence-electron chi connectivity index (χ1n) is 6.15. The minimum atomic E-state index is -3.50. The molecule has 0 radical (unpaired) electrons. The van der Waals surface area contributed by atoms with Crippen LogP contribution in [0.15, 0.2) is 27.6 Å². The molecule has 1 aliphatic heterocycles. The Kier molecular flexibility index (Phi) is 4.50. The number of nitrogens with two attached hydrogens (primary N) is 1. The van der Waals surface area contributed by atoms with Crippen LogP contribution in [0.3, 0.4) is 0 Å². The second kappa shape index (κ2) is 5.78. The number of anilines is 1. The molecule has 1 saturated heterocycles. The van der Waals surface area contributed by atoms with E-state index in [9.17, 15) is 8.42 Å². The van der Waals surface area contributed by atoms with E-state index < -0.39 is 10.0 Å². The van der Waals surface area contributed by atoms with Crippen LogP contribution in [0.25, 0.3) is 0 Å². The zero-order valence-electron chi connectivity index (χ0n) is 10.8. The minimum Gasteiger partial charge on any atom is -0.399 e. The zero-order chi connectivity index (χ0) is 14.0. The molecule has 19 heavy (non-hydrogen) atoms. The molecular formula is C12H18BrN3O2S. The van der Waals surface area contributed by atoms with E-state index in [1.165, 1.54) is 6.07 Å². The number of benzene rings is 1. The summed E-state index contributed by atoms with van der Waals surface area (Å²) in [6.07, 6.45) is 2.15. The van der Waals surface area contributed by atoms with Crippen LogP contribution in [0.2, 0.25) is 0 Å². The first kappa shape index (κ1) is 14.8. The maximum Gasteiger partial charge on any atom is 0.241 e. The third kappa shape index (κ3) is 3.47. The summed E-state index contributed by atoms with van der Waals surface area (Å²) in [6, 6.07) is 4.97. The van der Waals surface area contributed by atoms with Gasteiger partial charge in [0.05, 0.1) is 4.90 Å². The topological polar surface area (TPSA) is 75.4 Å². The molecule has 1 unspecified atom stereocenters. The monoisotopic (exact) mass is 347 g/mol. The third-order valence-corrected chi connectivity index (χ3v) is 5.83. The Bertz CT molecular complexity index is 562. The lowest BCUT2D eigenvalue weighted by molar-refractivity contribution is 0.311. The molecule has 1 atom stereocenters. The number of hydrogen-bond acceptors (Lipinski definition) is 4. The molecule has 0 amide bonds. The highest BCUT2D eigenvalue weighted by atomic mass is 79.9. The van der Waals surface area contributed by atoms with Crippen LogP contribution in [-0.4, -0.2) is 39.5 Å². The lowest BCUT2D eigenvalue weighted by atomic mass is 10.2. The maximum atomic E-state index is 12.2. The van der Waals surface area contributed by atoms with E-state index in [0.29, 0.717) is 16.7 Å². The van der Waals surface area contributed by atoms with Crippen molar-refractivity contribution in [3.8, 4) is 0 Å². The fraction of sp³-hybridized carbons (Fsp3) is 0.500. The quantitative estimate of drug-likeness (QED) is 0.807. The van der Waals surface area contributed by atoms with Crippen molar-refractivity contribution >= 4 is 31.6 Å². The molecule has 2 rings (SSSR count). The number of nitrogen functional groups attached to an aromatic ring is 1. The van der Waals surface area contributed by atoms with Gasteiger partial charge in [-0.15, -0.1) is 0 Å². The van der Waals surface area contributed by atoms with Gasteiger partial charge in [-0.05, 0) is 60.6 Å². The van der Waals surface area contributed by atoms with Crippen molar-refractivity contribution in [1.82, 2.24) is 9.62 Å². The van der Waals surface area contributed by atoms with Crippen LogP contribution < -0.4 is 10.5 Å². The number of halogens is 1. The van der Waals surface area contributed by atoms with Gasteiger partial charge in [-0.1, -0.05) is 0 Å². The SMILES string of the molecule is CN1CCCC1CNS(=O)(=O)c1ccc(N)cc1Br. The van der Waals surface area contributed by atoms with Gasteiger partial charge >= 0.3 is 0 Å². The number of likely N-dealkylation sites (N-methyl/N-ethyl adjacent to an activating group) is 1. The van der Waals surface area contributed by atoms with E-state index >= 15 is 0 Å². The Hall–Kier alpha value is -0.630. The lowest BCUT2D eigenvalue weighted by Gasteiger charge is -2.19. The van der Waals surface area contributed by atoms with Crippen LogP contribution in [0.5, 0.6) is 0 Å². The lowest BCUT2D eigenvalue weighted by Crippen LogP contribution is -2.38. The number of nitrogens with zero attached hydrogens (tertiary/aromatic N) is 1. The molecule has 3 N–H and O–H groups in total. The number of likely N-dealkylation sites (tertiary alicyclic amines) is 1. The first-order chi connectivity index (χ1) is 8.90. The molecule has 1 fully saturated rings. The van der Waals surface area contributed by atoms with Gasteiger partial charge in [0.25, 0.3) is 0 Å². The standard InChI is InChI=1S/C12H18BrN3O2S/c1-16-6-2-3-10(16)8-15-19(17,18)12-5-4-9(14)7-11(12)13/h4-5,7,10,15H,2-3,6,8,14H2,1H3. The van der Waals surface area contributed by atoms with Crippen molar-refractivity contribution in [3.05, 3.63) is 22.7 Å². The second-order valence-corrected chi connectivity index (χ2v) is 7.41. The Balaban J connectivity index is 2.09. The molecule has 1 aliphatic rings. The van der Waals surface area contributed by atoms with Crippen LogP contribution in [0, 0.1) is 0 Å². The van der Waals surface area contributed by atoms with Crippen molar-refractivity contribution in [2.75, 3.05) is 25.9 Å². The highest BCUT2D eigenvalue weighted by molar-refractivity contribution is 9.10. The molecule has 1 aromatic rings. The average molecular weight is 348 g/mol. The molecule has 0 bridgehead atoms. The van der Waals surface area contributed by atoms with Crippen LogP contribution >= 0.6 is 15.9 Å². The molecule has 7 heteroatoms. The largest absolute Gasteiger partial charge is 0.399 e. The summed E-state index contributed by atoms with van der Waals surface area (Å²) in [5.74, 6) is 0. The summed E-state index contributed by atoms with van der Waals surface area (Å²) in [4.78, 5) is 2.41. The van der Waals surface area contributed by atoms with Crippen LogP contribution in [0.4, 0.5) is 5.69 Å². The van der Waals surface area contributed by atoms with E-state index in [0.717, 1.165) is 19.4 Å². The fourth-order valence-electron chi connectivity index (χ4n) is 2.26. The number of nitrogens with one attached hydrogen (secondary N) is 1. The van der Waals surface area contributed by atoms with Crippen LogP contribution in [-0.2, 0) is 10.0 Å². The number of hydrogen-bond donors (Lipinski definition) is 2. The molecule has 106 valence electrons. The minimum absolute atomic E-state index is 0.224. The summed E-state index contributed by atoms with van der Waals surface area (Å²) in [7, 11) is -1.48. The van der Waals surface area contributed by atoms with Gasteiger partial charge < -0.3 is 10.6 Å². The van der Waals surface area contributed by atoms with E-state index in [1.807, 2.05) is 7.05 Å². The summed E-state index contributed by atoms with van der Waals surface area (Å²) in [6.45, 7) is 1.47. The molecule has 0 aliphatic carbocycles. The smallest absolute Gasteiger partial charge is 0.241 e. The first-order valence-corrected chi connectivity index (χ1v) is 8.43. The van der Waals surface area contributed by atoms with Crippen molar-refractivity contribution in [2.45, 2.75) is 23.8 Å². The molecular weight excluding hydrogens is 330 g/mol. The highest BCUT2D eigenvalue weighted by Crippen LogP contribution is 2.24. The summed E-state index contributed by atoms with van der Waals surface area (Å²) in [5, 5.41) is 0. The Morgan fingerprint density at radius 2 is 2.26 bits per heavy atom. The van der Waals surface area contributed by atoms with E-state index in [-0.39, 0.29) is 10.9 Å². The zero-order valence-corrected chi connectivity index (χ0v) is 13.2. The predicted molar refractivity (Wildman–Crippen MR) is 79.4 cm³/mol. The van der Waals surface area contributed by atoms with Crippen molar-refractivity contribution in [3.63, 3.8) is 0 Å². The second-order valence-electron chi connectivity index (χ2n) is 4.82. The normalized spacial score (nSPS) is 20.8. The van der Waals surface area contributed by atoms with Crippen LogP contribution in [0.1, 0.15) is 12.8 Å². The van der Waals surface area contributed by atoms with E-state index in [1.54, 1.807) is 12.1 Å². The Labute approximate surface area is 122 Å².